The Kier molecular flexibility index (Phi) is 3.94. The van der Waals surface area contributed by atoms with Gasteiger partial charge in [-0.3, -0.25) is 4.79 Å². The first-order chi connectivity index (χ1) is 7.80. The molecule has 0 atom stereocenters. The molecule has 0 spiro atoms. The molecule has 0 N–H and O–H groups in total. The van der Waals surface area contributed by atoms with Gasteiger partial charge >= 0.3 is 5.97 Å². The zero-order chi connectivity index (χ0) is 13.1. The van der Waals surface area contributed by atoms with Crippen molar-refractivity contribution >= 4 is 5.97 Å². The summed E-state index contributed by atoms with van der Waals surface area (Å²) < 4.78 is 10.7. The van der Waals surface area contributed by atoms with Gasteiger partial charge in [-0.1, -0.05) is 6.58 Å². The summed E-state index contributed by atoms with van der Waals surface area (Å²) in [7, 11) is 0. The third kappa shape index (κ3) is 4.72. The number of carbonyl (C=O) groups excluding carboxylic acids is 1. The van der Waals surface area contributed by atoms with Crippen molar-refractivity contribution in [3.63, 3.8) is 0 Å². The highest BCUT2D eigenvalue weighted by molar-refractivity contribution is 5.69. The van der Waals surface area contributed by atoms with Crippen LogP contribution in [0.25, 0.3) is 0 Å². The molecule has 91 valence electrons. The molecule has 3 heteroatoms. The van der Waals surface area contributed by atoms with Crippen LogP contribution in [0.2, 0.25) is 0 Å². The molecular weight excluding hydrogens is 216 g/mol. The van der Waals surface area contributed by atoms with Crippen LogP contribution in [0.4, 0.5) is 0 Å². The van der Waals surface area contributed by atoms with Crippen LogP contribution < -0.4 is 9.47 Å². The summed E-state index contributed by atoms with van der Waals surface area (Å²) in [4.78, 5) is 10.9. The third-order valence-corrected chi connectivity index (χ3v) is 1.77. The number of ether oxygens (including phenoxy) is 2. The van der Waals surface area contributed by atoms with Crippen LogP contribution in [0.1, 0.15) is 33.3 Å². The van der Waals surface area contributed by atoms with Crippen molar-refractivity contribution in [3.8, 4) is 11.5 Å². The summed E-state index contributed by atoms with van der Waals surface area (Å²) in [5.41, 5.74) is 0.413. The molecule has 0 aromatic heterocycles. The molecule has 0 fully saturated rings. The molecule has 17 heavy (non-hydrogen) atoms. The average molecular weight is 233 g/mol. The van der Waals surface area contributed by atoms with Gasteiger partial charge in [0.25, 0.3) is 0 Å². The largest absolute Gasteiger partial charge is 0.488 e. The molecule has 0 bridgehead atoms. The Morgan fingerprint density at radius 3 is 2.29 bits per heavy atom. The maximum absolute atomic E-state index is 10.9. The van der Waals surface area contributed by atoms with E-state index in [-0.39, 0.29) is 11.6 Å². The highest BCUT2D eigenvalue weighted by Gasteiger charge is 2.13. The number of hydrogen-bond acceptors (Lipinski definition) is 3. The summed E-state index contributed by atoms with van der Waals surface area (Å²) in [5.74, 6) is 0.695. The summed E-state index contributed by atoms with van der Waals surface area (Å²) in [5, 5.41) is 0. The second-order valence-corrected chi connectivity index (χ2v) is 4.68. The molecule has 1 aromatic rings. The van der Waals surface area contributed by atoms with E-state index in [0.29, 0.717) is 11.5 Å². The van der Waals surface area contributed by atoms with E-state index in [1.54, 1.807) is 18.2 Å². The smallest absolute Gasteiger partial charge is 0.308 e. The van der Waals surface area contributed by atoms with Gasteiger partial charge < -0.3 is 9.47 Å². The zero-order valence-corrected chi connectivity index (χ0v) is 10.7. The van der Waals surface area contributed by atoms with Crippen LogP contribution >= 0.6 is 0 Å². The van der Waals surface area contributed by atoms with E-state index in [1.165, 1.54) is 6.92 Å². The molecule has 1 rings (SSSR count). The molecule has 0 aliphatic carbocycles. The molecule has 0 aliphatic heterocycles. The average Bonchev–Trinajstić information content (AvgIpc) is 2.13. The van der Waals surface area contributed by atoms with Gasteiger partial charge in [0, 0.05) is 13.0 Å². The first-order valence-electron chi connectivity index (χ1n) is 5.36. The highest BCUT2D eigenvalue weighted by atomic mass is 16.5. The number of hydrogen-bond donors (Lipinski definition) is 0. The monoisotopic (exact) mass is 233 g/mol. The van der Waals surface area contributed by atoms with Crippen LogP contribution in [0.5, 0.6) is 11.5 Å². The second kappa shape index (κ2) is 5.04. The van der Waals surface area contributed by atoms with Gasteiger partial charge in [-0.2, -0.15) is 0 Å². The molecule has 0 amide bonds. The second-order valence-electron chi connectivity index (χ2n) is 4.68. The van der Waals surface area contributed by atoms with E-state index in [0.717, 1.165) is 5.56 Å². The van der Waals surface area contributed by atoms with Crippen LogP contribution in [0.15, 0.2) is 24.8 Å². The Labute approximate surface area is 102 Å². The summed E-state index contributed by atoms with van der Waals surface area (Å²) in [6.45, 7) is 10.8. The van der Waals surface area contributed by atoms with E-state index < -0.39 is 0 Å². The van der Waals surface area contributed by atoms with Crippen LogP contribution in [0.3, 0.4) is 0 Å². The maximum atomic E-state index is 10.9. The minimum absolute atomic E-state index is 0.312. The lowest BCUT2D eigenvalue weighted by molar-refractivity contribution is -0.131. The number of esters is 1. The van der Waals surface area contributed by atoms with Crippen molar-refractivity contribution in [2.45, 2.75) is 33.3 Å². The van der Waals surface area contributed by atoms with E-state index in [1.807, 2.05) is 20.8 Å². The predicted molar refractivity (Wildman–Crippen MR) is 66.1 cm³/mol. The molecule has 3 nitrogen and oxygen atoms in total. The first kappa shape index (κ1) is 13.3. The fourth-order valence-corrected chi connectivity index (χ4v) is 1.31. The van der Waals surface area contributed by atoms with Crippen LogP contribution in [-0.4, -0.2) is 11.6 Å². The number of benzene rings is 1. The molecule has 1 radical (unpaired) electrons. The summed E-state index contributed by atoms with van der Waals surface area (Å²) in [6, 6.07) is 5.16. The van der Waals surface area contributed by atoms with Crippen molar-refractivity contribution in [1.82, 2.24) is 0 Å². The van der Waals surface area contributed by atoms with Crippen molar-refractivity contribution in [3.05, 3.63) is 36.4 Å². The molecule has 0 saturated carbocycles. The van der Waals surface area contributed by atoms with Gasteiger partial charge in [0.15, 0.2) is 0 Å². The van der Waals surface area contributed by atoms with Crippen molar-refractivity contribution in [2.24, 2.45) is 0 Å². The summed E-state index contributed by atoms with van der Waals surface area (Å²) >= 11 is 0. The van der Waals surface area contributed by atoms with E-state index in [4.69, 9.17) is 9.47 Å². The quantitative estimate of drug-likeness (QED) is 0.594. The predicted octanol–water partition coefficient (Wildman–Crippen LogP) is 3.13. The van der Waals surface area contributed by atoms with Gasteiger partial charge in [0.2, 0.25) is 0 Å². The Balaban J connectivity index is 3.05. The van der Waals surface area contributed by atoms with Gasteiger partial charge in [-0.05, 0) is 44.5 Å². The molecule has 0 aliphatic rings. The minimum Gasteiger partial charge on any atom is -0.488 e. The maximum Gasteiger partial charge on any atom is 0.308 e. The lowest BCUT2D eigenvalue weighted by Crippen LogP contribution is -2.23. The van der Waals surface area contributed by atoms with Crippen molar-refractivity contribution < 1.29 is 14.3 Å². The molecule has 1 aromatic carbocycles. The van der Waals surface area contributed by atoms with Gasteiger partial charge in [-0.25, -0.2) is 0 Å². The Morgan fingerprint density at radius 2 is 1.82 bits per heavy atom. The fraction of sp³-hybridized carbons (Fsp3) is 0.357. The van der Waals surface area contributed by atoms with E-state index in [9.17, 15) is 4.79 Å². The standard InChI is InChI=1S/C14H17O3/c1-6-11-7-12(16-10(2)15)9-13(8-11)17-14(3,4)5/h7-9H,1H2,2-5H3. The number of carbonyl (C=O) groups is 1. The van der Waals surface area contributed by atoms with Gasteiger partial charge in [0.1, 0.15) is 17.1 Å². The van der Waals surface area contributed by atoms with Crippen LogP contribution in [0, 0.1) is 6.08 Å². The van der Waals surface area contributed by atoms with E-state index >= 15 is 0 Å². The lowest BCUT2D eigenvalue weighted by Gasteiger charge is -2.21. The molecule has 0 unspecified atom stereocenters. The first-order valence-corrected chi connectivity index (χ1v) is 5.36. The van der Waals surface area contributed by atoms with Crippen LogP contribution in [-0.2, 0) is 4.79 Å². The Morgan fingerprint density at radius 1 is 1.24 bits per heavy atom. The lowest BCUT2D eigenvalue weighted by atomic mass is 10.1. The molecular formula is C14H17O3. The van der Waals surface area contributed by atoms with Gasteiger partial charge in [-0.15, -0.1) is 0 Å². The van der Waals surface area contributed by atoms with Gasteiger partial charge in [0.05, 0.1) is 0 Å². The topological polar surface area (TPSA) is 35.5 Å². The minimum atomic E-state index is -0.368. The van der Waals surface area contributed by atoms with Crippen molar-refractivity contribution in [2.75, 3.05) is 0 Å². The number of rotatable bonds is 3. The molecule has 0 heterocycles. The summed E-state index contributed by atoms with van der Waals surface area (Å²) in [6.07, 6.45) is 2.75. The Bertz CT molecular complexity index is 428. The zero-order valence-electron chi connectivity index (χ0n) is 10.7. The van der Waals surface area contributed by atoms with E-state index in [2.05, 4.69) is 12.7 Å². The Hall–Kier alpha value is -1.77. The van der Waals surface area contributed by atoms with Crippen molar-refractivity contribution in [1.29, 1.82) is 0 Å². The third-order valence-electron chi connectivity index (χ3n) is 1.77. The highest BCUT2D eigenvalue weighted by Crippen LogP contribution is 2.26. The fourth-order valence-electron chi connectivity index (χ4n) is 1.31. The molecule has 0 saturated heterocycles. The normalized spacial score (nSPS) is 10.8. The SMILES string of the molecule is C=[C]c1cc(OC(C)=O)cc(OC(C)(C)C)c1.